The molecule has 0 unspecified atom stereocenters. The number of aryl methyl sites for hydroxylation is 2. The van der Waals surface area contributed by atoms with E-state index in [4.69, 9.17) is 0 Å². The molecular weight excluding hydrogens is 372 g/mol. The maximum atomic E-state index is 13.2. The Labute approximate surface area is 180 Å². The molecule has 4 nitrogen and oxygen atoms in total. The summed E-state index contributed by atoms with van der Waals surface area (Å²) in [5, 5.41) is 3.20. The van der Waals surface area contributed by atoms with E-state index in [9.17, 15) is 9.59 Å². The van der Waals surface area contributed by atoms with Crippen molar-refractivity contribution in [2.75, 3.05) is 0 Å². The largest absolute Gasteiger partial charge is 0.352 e. The fraction of sp³-hybridized carbons (Fsp3) is 0.462. The van der Waals surface area contributed by atoms with Crippen LogP contribution in [0.4, 0.5) is 0 Å². The van der Waals surface area contributed by atoms with Gasteiger partial charge in [-0.3, -0.25) is 9.59 Å². The molecule has 160 valence electrons. The van der Waals surface area contributed by atoms with Crippen LogP contribution in [-0.4, -0.2) is 28.8 Å². The van der Waals surface area contributed by atoms with Crippen LogP contribution in [0.25, 0.3) is 0 Å². The lowest BCUT2D eigenvalue weighted by atomic mass is 9.95. The van der Waals surface area contributed by atoms with Gasteiger partial charge in [-0.2, -0.15) is 0 Å². The number of nitrogens with zero attached hydrogens (tertiary/aromatic N) is 1. The maximum Gasteiger partial charge on any atom is 0.242 e. The van der Waals surface area contributed by atoms with E-state index in [0.29, 0.717) is 19.4 Å². The van der Waals surface area contributed by atoms with Crippen LogP contribution in [-0.2, 0) is 22.6 Å². The van der Waals surface area contributed by atoms with Gasteiger partial charge in [0.25, 0.3) is 0 Å². The first kappa shape index (κ1) is 22.1. The Kier molecular flexibility index (Phi) is 8.06. The minimum atomic E-state index is -0.491. The summed E-state index contributed by atoms with van der Waals surface area (Å²) in [4.78, 5) is 28.0. The molecule has 0 aliphatic heterocycles. The SMILES string of the molecule is Cc1ccccc1CN(C(=O)CCc1ccccc1)[C@@H](C)C(=O)NC1CCCCC1. The van der Waals surface area contributed by atoms with E-state index in [-0.39, 0.29) is 17.9 Å². The van der Waals surface area contributed by atoms with Gasteiger partial charge in [-0.15, -0.1) is 0 Å². The molecule has 1 aliphatic carbocycles. The van der Waals surface area contributed by atoms with Gasteiger partial charge in [0, 0.05) is 19.0 Å². The fourth-order valence-corrected chi connectivity index (χ4v) is 4.16. The van der Waals surface area contributed by atoms with Gasteiger partial charge in [0.05, 0.1) is 0 Å². The number of hydrogen-bond donors (Lipinski definition) is 1. The summed E-state index contributed by atoms with van der Waals surface area (Å²) in [6.45, 7) is 4.37. The van der Waals surface area contributed by atoms with Crippen LogP contribution in [0.2, 0.25) is 0 Å². The molecule has 2 aromatic carbocycles. The molecule has 2 amide bonds. The number of carbonyl (C=O) groups excluding carboxylic acids is 2. The van der Waals surface area contributed by atoms with E-state index >= 15 is 0 Å². The number of hydrogen-bond acceptors (Lipinski definition) is 2. The summed E-state index contributed by atoms with van der Waals surface area (Å²) in [6, 6.07) is 17.9. The van der Waals surface area contributed by atoms with Gasteiger partial charge in [-0.1, -0.05) is 73.9 Å². The molecule has 4 heteroatoms. The summed E-state index contributed by atoms with van der Waals surface area (Å²) in [5.74, 6) is -0.0167. The van der Waals surface area contributed by atoms with E-state index in [0.717, 1.165) is 29.5 Å². The second kappa shape index (κ2) is 11.0. The summed E-state index contributed by atoms with van der Waals surface area (Å²) >= 11 is 0. The Hall–Kier alpha value is -2.62. The van der Waals surface area contributed by atoms with E-state index in [2.05, 4.69) is 18.3 Å². The molecular formula is C26H34N2O2. The summed E-state index contributed by atoms with van der Waals surface area (Å²) in [5.41, 5.74) is 3.36. The molecule has 0 radical (unpaired) electrons. The average molecular weight is 407 g/mol. The second-order valence-corrected chi connectivity index (χ2v) is 8.45. The maximum absolute atomic E-state index is 13.2. The lowest BCUT2D eigenvalue weighted by Gasteiger charge is -2.31. The fourth-order valence-electron chi connectivity index (χ4n) is 4.16. The van der Waals surface area contributed by atoms with Gasteiger partial charge in [-0.25, -0.2) is 0 Å². The molecule has 0 bridgehead atoms. The van der Waals surface area contributed by atoms with Crippen molar-refractivity contribution in [2.24, 2.45) is 0 Å². The molecule has 1 atom stereocenters. The molecule has 1 N–H and O–H groups in total. The van der Waals surface area contributed by atoms with Gasteiger partial charge < -0.3 is 10.2 Å². The lowest BCUT2D eigenvalue weighted by Crippen LogP contribution is -2.50. The highest BCUT2D eigenvalue weighted by atomic mass is 16.2. The van der Waals surface area contributed by atoms with Crippen LogP contribution in [0.5, 0.6) is 0 Å². The van der Waals surface area contributed by atoms with Crippen molar-refractivity contribution in [2.45, 2.75) is 77.4 Å². The monoisotopic (exact) mass is 406 g/mol. The zero-order valence-electron chi connectivity index (χ0n) is 18.3. The van der Waals surface area contributed by atoms with Crippen molar-refractivity contribution >= 4 is 11.8 Å². The zero-order chi connectivity index (χ0) is 21.3. The van der Waals surface area contributed by atoms with E-state index < -0.39 is 6.04 Å². The first-order chi connectivity index (χ1) is 14.5. The Morgan fingerprint density at radius 2 is 1.67 bits per heavy atom. The van der Waals surface area contributed by atoms with Crippen LogP contribution >= 0.6 is 0 Å². The predicted molar refractivity (Wildman–Crippen MR) is 121 cm³/mol. The summed E-state index contributed by atoms with van der Waals surface area (Å²) < 4.78 is 0. The van der Waals surface area contributed by atoms with Crippen LogP contribution in [0.3, 0.4) is 0 Å². The predicted octanol–water partition coefficient (Wildman–Crippen LogP) is 4.79. The van der Waals surface area contributed by atoms with Crippen molar-refractivity contribution in [1.82, 2.24) is 10.2 Å². The van der Waals surface area contributed by atoms with Crippen LogP contribution in [0.15, 0.2) is 54.6 Å². The van der Waals surface area contributed by atoms with Gasteiger partial charge in [0.15, 0.2) is 0 Å². The normalized spacial score (nSPS) is 15.4. The third-order valence-electron chi connectivity index (χ3n) is 6.19. The second-order valence-electron chi connectivity index (χ2n) is 8.45. The Morgan fingerprint density at radius 1 is 1.00 bits per heavy atom. The molecule has 1 aliphatic rings. The number of nitrogens with one attached hydrogen (secondary N) is 1. The molecule has 1 fully saturated rings. The van der Waals surface area contributed by atoms with E-state index in [1.807, 2.05) is 55.5 Å². The minimum absolute atomic E-state index is 0.0217. The van der Waals surface area contributed by atoms with E-state index in [1.54, 1.807) is 4.90 Å². The van der Waals surface area contributed by atoms with Crippen molar-refractivity contribution in [3.63, 3.8) is 0 Å². The molecule has 0 heterocycles. The molecule has 0 spiro atoms. The van der Waals surface area contributed by atoms with Gasteiger partial charge in [-0.05, 0) is 49.8 Å². The number of benzene rings is 2. The Morgan fingerprint density at radius 3 is 2.37 bits per heavy atom. The van der Waals surface area contributed by atoms with Crippen molar-refractivity contribution in [3.8, 4) is 0 Å². The Bertz CT molecular complexity index is 828. The zero-order valence-corrected chi connectivity index (χ0v) is 18.3. The standard InChI is InChI=1S/C26H34N2O2/c1-20-11-9-10-14-23(20)19-28(25(29)18-17-22-12-5-3-6-13-22)21(2)26(30)27-24-15-7-4-8-16-24/h3,5-6,9-14,21,24H,4,7-8,15-19H2,1-2H3,(H,27,30)/t21-/m0/s1. The minimum Gasteiger partial charge on any atom is -0.352 e. The van der Waals surface area contributed by atoms with Crippen LogP contribution in [0, 0.1) is 6.92 Å². The molecule has 2 aromatic rings. The highest BCUT2D eigenvalue weighted by molar-refractivity contribution is 5.87. The van der Waals surface area contributed by atoms with Crippen molar-refractivity contribution < 1.29 is 9.59 Å². The molecule has 0 aromatic heterocycles. The average Bonchev–Trinajstić information content (AvgIpc) is 2.78. The molecule has 0 saturated heterocycles. The van der Waals surface area contributed by atoms with Crippen LogP contribution < -0.4 is 5.32 Å². The third-order valence-corrected chi connectivity index (χ3v) is 6.19. The molecule has 3 rings (SSSR count). The first-order valence-corrected chi connectivity index (χ1v) is 11.2. The topological polar surface area (TPSA) is 49.4 Å². The van der Waals surface area contributed by atoms with Gasteiger partial charge in [0.2, 0.25) is 11.8 Å². The van der Waals surface area contributed by atoms with Crippen molar-refractivity contribution in [1.29, 1.82) is 0 Å². The molecule has 1 saturated carbocycles. The van der Waals surface area contributed by atoms with Crippen LogP contribution in [0.1, 0.15) is 62.1 Å². The molecule has 30 heavy (non-hydrogen) atoms. The number of amides is 2. The smallest absolute Gasteiger partial charge is 0.242 e. The third kappa shape index (κ3) is 6.19. The van der Waals surface area contributed by atoms with Crippen molar-refractivity contribution in [3.05, 3.63) is 71.3 Å². The Balaban J connectivity index is 1.71. The quantitative estimate of drug-likeness (QED) is 0.685. The highest BCUT2D eigenvalue weighted by Gasteiger charge is 2.28. The lowest BCUT2D eigenvalue weighted by molar-refractivity contribution is -0.141. The summed E-state index contributed by atoms with van der Waals surface area (Å²) in [7, 11) is 0. The first-order valence-electron chi connectivity index (χ1n) is 11.2. The number of rotatable bonds is 8. The highest BCUT2D eigenvalue weighted by Crippen LogP contribution is 2.19. The number of carbonyl (C=O) groups is 2. The van der Waals surface area contributed by atoms with E-state index in [1.165, 1.54) is 19.3 Å². The van der Waals surface area contributed by atoms with Gasteiger partial charge >= 0.3 is 0 Å². The van der Waals surface area contributed by atoms with Gasteiger partial charge in [0.1, 0.15) is 6.04 Å². The summed E-state index contributed by atoms with van der Waals surface area (Å²) in [6.07, 6.45) is 6.75.